The highest BCUT2D eigenvalue weighted by Crippen LogP contribution is 2.12. The number of aromatic nitrogens is 1. The van der Waals surface area contributed by atoms with E-state index >= 15 is 0 Å². The molecule has 0 radical (unpaired) electrons. The maximum absolute atomic E-state index is 12.3. The van der Waals surface area contributed by atoms with Gasteiger partial charge in [-0.2, -0.15) is 0 Å². The van der Waals surface area contributed by atoms with Crippen molar-refractivity contribution in [2.45, 2.75) is 13.5 Å². The van der Waals surface area contributed by atoms with Gasteiger partial charge >= 0.3 is 0 Å². The van der Waals surface area contributed by atoms with E-state index in [0.717, 1.165) is 16.9 Å². The van der Waals surface area contributed by atoms with Crippen LogP contribution in [0.2, 0.25) is 0 Å². The predicted octanol–water partition coefficient (Wildman–Crippen LogP) is 1.57. The summed E-state index contributed by atoms with van der Waals surface area (Å²) in [6.45, 7) is 2.65. The quantitative estimate of drug-likeness (QED) is 0.868. The van der Waals surface area contributed by atoms with Gasteiger partial charge in [-0.3, -0.25) is 4.79 Å². The summed E-state index contributed by atoms with van der Waals surface area (Å²) in [4.78, 5) is 18.0. The lowest BCUT2D eigenvalue weighted by molar-refractivity contribution is 0.0779. The number of nitrogens with zero attached hydrogens (tertiary/aromatic N) is 2. The summed E-state index contributed by atoms with van der Waals surface area (Å²) >= 11 is 0. The van der Waals surface area contributed by atoms with E-state index in [2.05, 4.69) is 16.8 Å². The van der Waals surface area contributed by atoms with Crippen LogP contribution in [0.3, 0.4) is 0 Å². The maximum atomic E-state index is 12.3. The highest BCUT2D eigenvalue weighted by atomic mass is 16.3. The molecule has 0 unspecified atom stereocenters. The van der Waals surface area contributed by atoms with Gasteiger partial charge in [0.15, 0.2) is 0 Å². The maximum Gasteiger partial charge on any atom is 0.272 e. The SMILES string of the molecule is Cc1occc1CN(C)C(=O)c1ccc(C#CCN)cn1. The van der Waals surface area contributed by atoms with Gasteiger partial charge in [-0.15, -0.1) is 0 Å². The molecule has 0 saturated heterocycles. The van der Waals surface area contributed by atoms with Crippen LogP contribution in [0.15, 0.2) is 35.1 Å². The molecule has 0 bridgehead atoms. The highest BCUT2D eigenvalue weighted by Gasteiger charge is 2.14. The summed E-state index contributed by atoms with van der Waals surface area (Å²) in [5.41, 5.74) is 7.42. The van der Waals surface area contributed by atoms with Gasteiger partial charge in [0.1, 0.15) is 11.5 Å². The Morgan fingerprint density at radius 3 is 2.81 bits per heavy atom. The third kappa shape index (κ3) is 3.71. The fourth-order valence-electron chi connectivity index (χ4n) is 1.85. The summed E-state index contributed by atoms with van der Waals surface area (Å²) in [7, 11) is 1.73. The molecule has 21 heavy (non-hydrogen) atoms. The van der Waals surface area contributed by atoms with Crippen LogP contribution < -0.4 is 5.73 Å². The topological polar surface area (TPSA) is 72.4 Å². The largest absolute Gasteiger partial charge is 0.469 e. The Morgan fingerprint density at radius 1 is 1.43 bits per heavy atom. The van der Waals surface area contributed by atoms with Crippen molar-refractivity contribution in [1.29, 1.82) is 0 Å². The zero-order valence-electron chi connectivity index (χ0n) is 12.1. The number of amides is 1. The second kappa shape index (κ2) is 6.73. The summed E-state index contributed by atoms with van der Waals surface area (Å²) in [5, 5.41) is 0. The van der Waals surface area contributed by atoms with Gasteiger partial charge < -0.3 is 15.1 Å². The number of rotatable bonds is 3. The van der Waals surface area contributed by atoms with Crippen LogP contribution in [0.1, 0.15) is 27.4 Å². The van der Waals surface area contributed by atoms with Crippen LogP contribution in [0.5, 0.6) is 0 Å². The van der Waals surface area contributed by atoms with Crippen molar-refractivity contribution in [1.82, 2.24) is 9.88 Å². The molecular weight excluding hydrogens is 266 g/mol. The van der Waals surface area contributed by atoms with Gasteiger partial charge in [0.05, 0.1) is 12.8 Å². The zero-order valence-corrected chi connectivity index (χ0v) is 12.1. The fraction of sp³-hybridized carbons (Fsp3) is 0.250. The lowest BCUT2D eigenvalue weighted by atomic mass is 10.2. The lowest BCUT2D eigenvalue weighted by Crippen LogP contribution is -2.27. The lowest BCUT2D eigenvalue weighted by Gasteiger charge is -2.16. The third-order valence-electron chi connectivity index (χ3n) is 3.04. The molecule has 1 amide bonds. The van der Waals surface area contributed by atoms with Gasteiger partial charge in [-0.1, -0.05) is 11.8 Å². The number of pyridine rings is 1. The molecule has 0 aliphatic rings. The molecule has 2 aromatic heterocycles. The number of carbonyl (C=O) groups excluding carboxylic acids is 1. The molecule has 0 aromatic carbocycles. The Kier molecular flexibility index (Phi) is 4.75. The number of aryl methyl sites for hydroxylation is 1. The summed E-state index contributed by atoms with van der Waals surface area (Å²) < 4.78 is 5.23. The van der Waals surface area contributed by atoms with E-state index in [0.29, 0.717) is 18.8 Å². The average molecular weight is 283 g/mol. The number of furan rings is 1. The number of hydrogen-bond donors (Lipinski definition) is 1. The van der Waals surface area contributed by atoms with E-state index in [1.807, 2.05) is 13.0 Å². The minimum absolute atomic E-state index is 0.145. The minimum atomic E-state index is -0.145. The number of hydrogen-bond acceptors (Lipinski definition) is 4. The van der Waals surface area contributed by atoms with E-state index in [9.17, 15) is 4.79 Å². The van der Waals surface area contributed by atoms with Crippen molar-refractivity contribution in [3.8, 4) is 11.8 Å². The Morgan fingerprint density at radius 2 is 2.24 bits per heavy atom. The molecule has 0 aliphatic heterocycles. The van der Waals surface area contributed by atoms with E-state index < -0.39 is 0 Å². The van der Waals surface area contributed by atoms with Crippen LogP contribution in [0.25, 0.3) is 0 Å². The highest BCUT2D eigenvalue weighted by molar-refractivity contribution is 5.92. The van der Waals surface area contributed by atoms with Crippen LogP contribution in [-0.4, -0.2) is 29.4 Å². The van der Waals surface area contributed by atoms with Gasteiger partial charge in [-0.05, 0) is 25.1 Å². The van der Waals surface area contributed by atoms with Gasteiger partial charge in [0.2, 0.25) is 0 Å². The Bertz CT molecular complexity index is 678. The van der Waals surface area contributed by atoms with Gasteiger partial charge in [0.25, 0.3) is 5.91 Å². The molecule has 0 fully saturated rings. The van der Waals surface area contributed by atoms with E-state index in [-0.39, 0.29) is 5.91 Å². The smallest absolute Gasteiger partial charge is 0.272 e. The second-order valence-electron chi connectivity index (χ2n) is 4.60. The van der Waals surface area contributed by atoms with Crippen molar-refractivity contribution in [3.63, 3.8) is 0 Å². The third-order valence-corrected chi connectivity index (χ3v) is 3.04. The number of nitrogens with two attached hydrogens (primary N) is 1. The first-order valence-corrected chi connectivity index (χ1v) is 6.55. The Hall–Kier alpha value is -2.58. The van der Waals surface area contributed by atoms with Gasteiger partial charge in [-0.25, -0.2) is 4.98 Å². The molecular formula is C16H17N3O2. The molecule has 0 atom stereocenters. The first-order valence-electron chi connectivity index (χ1n) is 6.55. The molecule has 2 N–H and O–H groups in total. The standard InChI is InChI=1S/C16H17N3O2/c1-12-14(7-9-21-12)11-19(2)16(20)15-6-5-13(10-18-15)4-3-8-17/h5-7,9-10H,8,11,17H2,1-2H3. The van der Waals surface area contributed by atoms with Crippen molar-refractivity contribution in [3.05, 3.63) is 53.2 Å². The molecule has 0 saturated carbocycles. The number of carbonyl (C=O) groups is 1. The first-order chi connectivity index (χ1) is 10.1. The first kappa shape index (κ1) is 14.8. The second-order valence-corrected chi connectivity index (χ2v) is 4.60. The molecule has 2 aromatic rings. The summed E-state index contributed by atoms with van der Waals surface area (Å²) in [5.74, 6) is 6.28. The molecule has 5 nitrogen and oxygen atoms in total. The molecule has 2 heterocycles. The van der Waals surface area contributed by atoms with Crippen LogP contribution >= 0.6 is 0 Å². The van der Waals surface area contributed by atoms with E-state index in [4.69, 9.17) is 10.2 Å². The summed E-state index contributed by atoms with van der Waals surface area (Å²) in [6, 6.07) is 5.29. The fourth-order valence-corrected chi connectivity index (χ4v) is 1.85. The van der Waals surface area contributed by atoms with Gasteiger partial charge in [0, 0.05) is 30.9 Å². The van der Waals surface area contributed by atoms with Crippen LogP contribution in [0.4, 0.5) is 0 Å². The van der Waals surface area contributed by atoms with Crippen LogP contribution in [-0.2, 0) is 6.54 Å². The Balaban J connectivity index is 2.07. The molecule has 5 heteroatoms. The van der Waals surface area contributed by atoms with Crippen molar-refractivity contribution in [2.24, 2.45) is 5.73 Å². The molecule has 0 aliphatic carbocycles. The van der Waals surface area contributed by atoms with Crippen molar-refractivity contribution in [2.75, 3.05) is 13.6 Å². The zero-order chi connectivity index (χ0) is 15.2. The normalized spacial score (nSPS) is 9.86. The van der Waals surface area contributed by atoms with Crippen LogP contribution in [0, 0.1) is 18.8 Å². The molecule has 0 spiro atoms. The average Bonchev–Trinajstić information content (AvgIpc) is 2.90. The Labute approximate surface area is 123 Å². The minimum Gasteiger partial charge on any atom is -0.469 e. The monoisotopic (exact) mass is 283 g/mol. The molecule has 108 valence electrons. The van der Waals surface area contributed by atoms with Crippen molar-refractivity contribution < 1.29 is 9.21 Å². The predicted molar refractivity (Wildman–Crippen MR) is 79.4 cm³/mol. The summed E-state index contributed by atoms with van der Waals surface area (Å²) in [6.07, 6.45) is 3.19. The molecule has 2 rings (SSSR count). The van der Waals surface area contributed by atoms with E-state index in [1.165, 1.54) is 0 Å². The van der Waals surface area contributed by atoms with Crippen molar-refractivity contribution >= 4 is 5.91 Å². The van der Waals surface area contributed by atoms with E-state index in [1.54, 1.807) is 36.5 Å².